The highest BCUT2D eigenvalue weighted by Crippen LogP contribution is 2.31. The quantitative estimate of drug-likeness (QED) is 0.739. The Kier molecular flexibility index (Phi) is 3.43. The van der Waals surface area contributed by atoms with Gasteiger partial charge < -0.3 is 20.8 Å². The molecule has 98 valence electrons. The molecular weight excluding hydrogens is 232 g/mol. The number of nitrogens with two attached hydrogens (primary N) is 1. The van der Waals surface area contributed by atoms with E-state index in [1.165, 1.54) is 0 Å². The third-order valence-corrected chi connectivity index (χ3v) is 3.42. The molecule has 1 amide bonds. The summed E-state index contributed by atoms with van der Waals surface area (Å²) in [5, 5.41) is 19.3. The first-order valence-corrected chi connectivity index (χ1v) is 6.04. The minimum atomic E-state index is -0.698. The second kappa shape index (κ2) is 4.86. The van der Waals surface area contributed by atoms with Crippen LogP contribution in [-0.4, -0.2) is 29.2 Å². The Balaban J connectivity index is 2.16. The second-order valence-corrected chi connectivity index (χ2v) is 4.75. The highest BCUT2D eigenvalue weighted by atomic mass is 16.3. The van der Waals surface area contributed by atoms with Crippen molar-refractivity contribution in [2.45, 2.75) is 19.4 Å². The zero-order valence-corrected chi connectivity index (χ0v) is 10.3. The summed E-state index contributed by atoms with van der Waals surface area (Å²) in [6.07, 6.45) is 0.0461. The fourth-order valence-electron chi connectivity index (χ4n) is 2.31. The molecule has 1 aromatic rings. The number of hydrogen-bond acceptors (Lipinski definition) is 4. The van der Waals surface area contributed by atoms with E-state index in [4.69, 9.17) is 5.73 Å². The minimum absolute atomic E-state index is 0.0741. The molecule has 2 unspecified atom stereocenters. The molecule has 0 saturated carbocycles. The molecule has 0 aromatic heterocycles. The van der Waals surface area contributed by atoms with E-state index in [9.17, 15) is 15.0 Å². The molecule has 2 rings (SSSR count). The number of carbonyl (C=O) groups is 1. The number of phenolic OH excluding ortho intramolecular Hbond substituents is 1. The largest absolute Gasteiger partial charge is 0.507 e. The summed E-state index contributed by atoms with van der Waals surface area (Å²) in [6, 6.07) is 5.16. The smallest absolute Gasteiger partial charge is 0.222 e. The first-order chi connectivity index (χ1) is 8.49. The lowest BCUT2D eigenvalue weighted by atomic mass is 10.1. The van der Waals surface area contributed by atoms with Crippen LogP contribution in [0.2, 0.25) is 0 Å². The van der Waals surface area contributed by atoms with E-state index in [0.29, 0.717) is 12.1 Å². The predicted octanol–water partition coefficient (Wildman–Crippen LogP) is 0.757. The number of hydrogen-bond donors (Lipinski definition) is 3. The number of primary amides is 1. The molecule has 5 nitrogen and oxygen atoms in total. The van der Waals surface area contributed by atoms with Crippen LogP contribution in [0.15, 0.2) is 18.2 Å². The van der Waals surface area contributed by atoms with Crippen LogP contribution in [0.5, 0.6) is 5.75 Å². The van der Waals surface area contributed by atoms with Gasteiger partial charge in [-0.1, -0.05) is 6.07 Å². The molecular formula is C13H18N2O3. The molecule has 1 heterocycles. The van der Waals surface area contributed by atoms with Crippen LogP contribution in [0.3, 0.4) is 0 Å². The number of aliphatic hydroxyl groups is 1. The van der Waals surface area contributed by atoms with Crippen molar-refractivity contribution in [3.63, 3.8) is 0 Å². The van der Waals surface area contributed by atoms with Gasteiger partial charge in [-0.2, -0.15) is 0 Å². The van der Waals surface area contributed by atoms with Gasteiger partial charge in [0.15, 0.2) is 0 Å². The number of rotatable bonds is 3. The summed E-state index contributed by atoms with van der Waals surface area (Å²) >= 11 is 0. The summed E-state index contributed by atoms with van der Waals surface area (Å²) in [7, 11) is 0. The molecule has 0 bridgehead atoms. The number of aliphatic hydroxyl groups excluding tert-OH is 1. The lowest BCUT2D eigenvalue weighted by Crippen LogP contribution is -2.27. The molecule has 0 radical (unpaired) electrons. The van der Waals surface area contributed by atoms with Crippen LogP contribution in [0.25, 0.3) is 0 Å². The van der Waals surface area contributed by atoms with Crippen molar-refractivity contribution < 1.29 is 15.0 Å². The zero-order chi connectivity index (χ0) is 13.3. The SMILES string of the molecule is CC(O)c1ccc(N2CCC(C(N)=O)C2)cc1O. The molecule has 1 fully saturated rings. The maximum atomic E-state index is 11.1. The van der Waals surface area contributed by atoms with E-state index in [1.807, 2.05) is 11.0 Å². The van der Waals surface area contributed by atoms with E-state index in [0.717, 1.165) is 18.7 Å². The van der Waals surface area contributed by atoms with E-state index in [-0.39, 0.29) is 17.6 Å². The Morgan fingerprint density at radius 2 is 2.28 bits per heavy atom. The molecule has 2 atom stereocenters. The van der Waals surface area contributed by atoms with Gasteiger partial charge in [0.1, 0.15) is 5.75 Å². The van der Waals surface area contributed by atoms with Crippen molar-refractivity contribution in [1.82, 2.24) is 0 Å². The third-order valence-electron chi connectivity index (χ3n) is 3.42. The van der Waals surface area contributed by atoms with Crippen LogP contribution in [0.1, 0.15) is 25.0 Å². The van der Waals surface area contributed by atoms with Crippen LogP contribution in [0.4, 0.5) is 5.69 Å². The Morgan fingerprint density at radius 1 is 1.56 bits per heavy atom. The summed E-state index contributed by atoms with van der Waals surface area (Å²) in [5.74, 6) is -0.323. The Morgan fingerprint density at radius 3 is 2.78 bits per heavy atom. The van der Waals surface area contributed by atoms with Crippen LogP contribution < -0.4 is 10.6 Å². The van der Waals surface area contributed by atoms with E-state index >= 15 is 0 Å². The first-order valence-electron chi connectivity index (χ1n) is 6.04. The van der Waals surface area contributed by atoms with Gasteiger partial charge in [-0.3, -0.25) is 4.79 Å². The number of aromatic hydroxyl groups is 1. The number of phenols is 1. The van der Waals surface area contributed by atoms with Crippen LogP contribution in [0, 0.1) is 5.92 Å². The van der Waals surface area contributed by atoms with Gasteiger partial charge in [-0.05, 0) is 19.4 Å². The molecule has 18 heavy (non-hydrogen) atoms. The highest BCUT2D eigenvalue weighted by molar-refractivity contribution is 5.78. The first kappa shape index (κ1) is 12.7. The van der Waals surface area contributed by atoms with Crippen molar-refractivity contribution in [3.05, 3.63) is 23.8 Å². The predicted molar refractivity (Wildman–Crippen MR) is 68.3 cm³/mol. The van der Waals surface area contributed by atoms with E-state index in [1.54, 1.807) is 19.1 Å². The molecule has 1 saturated heterocycles. The Labute approximate surface area is 106 Å². The molecule has 1 aliphatic heterocycles. The van der Waals surface area contributed by atoms with Crippen molar-refractivity contribution in [2.24, 2.45) is 11.7 Å². The second-order valence-electron chi connectivity index (χ2n) is 4.75. The standard InChI is InChI=1S/C13H18N2O3/c1-8(16)11-3-2-10(6-12(11)17)15-5-4-9(7-15)13(14)18/h2-3,6,8-9,16-17H,4-5,7H2,1H3,(H2,14,18). The van der Waals surface area contributed by atoms with Gasteiger partial charge in [0, 0.05) is 30.4 Å². The van der Waals surface area contributed by atoms with Crippen molar-refractivity contribution in [2.75, 3.05) is 18.0 Å². The maximum Gasteiger partial charge on any atom is 0.222 e. The molecule has 0 spiro atoms. The van der Waals surface area contributed by atoms with Crippen LogP contribution in [-0.2, 0) is 4.79 Å². The van der Waals surface area contributed by atoms with E-state index in [2.05, 4.69) is 0 Å². The minimum Gasteiger partial charge on any atom is -0.507 e. The molecule has 1 aromatic carbocycles. The normalized spacial score (nSPS) is 21.0. The van der Waals surface area contributed by atoms with Gasteiger partial charge in [-0.15, -0.1) is 0 Å². The monoisotopic (exact) mass is 250 g/mol. The molecule has 1 aliphatic rings. The number of nitrogens with zero attached hydrogens (tertiary/aromatic N) is 1. The van der Waals surface area contributed by atoms with Gasteiger partial charge >= 0.3 is 0 Å². The fraction of sp³-hybridized carbons (Fsp3) is 0.462. The average Bonchev–Trinajstić information content (AvgIpc) is 2.77. The molecule has 4 N–H and O–H groups in total. The van der Waals surface area contributed by atoms with Crippen LogP contribution >= 0.6 is 0 Å². The number of anilines is 1. The van der Waals surface area contributed by atoms with Crippen molar-refractivity contribution in [3.8, 4) is 5.75 Å². The zero-order valence-electron chi connectivity index (χ0n) is 10.3. The average molecular weight is 250 g/mol. The lowest BCUT2D eigenvalue weighted by Gasteiger charge is -2.19. The summed E-state index contributed by atoms with van der Waals surface area (Å²) < 4.78 is 0. The van der Waals surface area contributed by atoms with E-state index < -0.39 is 6.10 Å². The van der Waals surface area contributed by atoms with Gasteiger partial charge in [-0.25, -0.2) is 0 Å². The van der Waals surface area contributed by atoms with Crippen molar-refractivity contribution >= 4 is 11.6 Å². The molecule has 0 aliphatic carbocycles. The third kappa shape index (κ3) is 2.41. The number of benzene rings is 1. The maximum absolute atomic E-state index is 11.1. The number of carbonyl (C=O) groups excluding carboxylic acids is 1. The molecule has 5 heteroatoms. The van der Waals surface area contributed by atoms with Crippen molar-refractivity contribution in [1.29, 1.82) is 0 Å². The summed E-state index contributed by atoms with van der Waals surface area (Å²) in [5.41, 5.74) is 6.64. The lowest BCUT2D eigenvalue weighted by molar-refractivity contribution is -0.121. The fourth-order valence-corrected chi connectivity index (χ4v) is 2.31. The summed E-state index contributed by atoms with van der Waals surface area (Å²) in [6.45, 7) is 2.94. The highest BCUT2D eigenvalue weighted by Gasteiger charge is 2.27. The summed E-state index contributed by atoms with van der Waals surface area (Å²) in [4.78, 5) is 13.1. The van der Waals surface area contributed by atoms with Gasteiger partial charge in [0.2, 0.25) is 5.91 Å². The topological polar surface area (TPSA) is 86.8 Å². The van der Waals surface area contributed by atoms with Gasteiger partial charge in [0.05, 0.1) is 12.0 Å². The Hall–Kier alpha value is -1.75. The number of amides is 1. The van der Waals surface area contributed by atoms with Gasteiger partial charge in [0.25, 0.3) is 0 Å². The Bertz CT molecular complexity index is 460.